The number of aliphatic imine (C=N–C) groups is 1. The molecule has 154 valence electrons. The maximum atomic E-state index is 14.5. The van der Waals surface area contributed by atoms with Gasteiger partial charge in [-0.05, 0) is 24.3 Å². The van der Waals surface area contributed by atoms with Crippen LogP contribution in [0.25, 0.3) is 0 Å². The third kappa shape index (κ3) is 4.22. The molecular formula is C19H19F3N4O3. The van der Waals surface area contributed by atoms with E-state index >= 15 is 0 Å². The first-order chi connectivity index (χ1) is 13.9. The molecule has 7 nitrogen and oxygen atoms in total. The third-order valence-corrected chi connectivity index (χ3v) is 4.37. The first kappa shape index (κ1) is 20.7. The zero-order valence-electron chi connectivity index (χ0n) is 15.5. The molecule has 1 aromatic heterocycles. The van der Waals surface area contributed by atoms with Gasteiger partial charge in [-0.3, -0.25) is 14.8 Å². The molecule has 2 aromatic rings. The molecule has 29 heavy (non-hydrogen) atoms. The van der Waals surface area contributed by atoms with Gasteiger partial charge < -0.3 is 20.5 Å². The number of nitrogens with two attached hydrogens (primary N) is 1. The summed E-state index contributed by atoms with van der Waals surface area (Å²) in [6.45, 7) is -0.503. The van der Waals surface area contributed by atoms with Crippen molar-refractivity contribution in [3.8, 4) is 0 Å². The van der Waals surface area contributed by atoms with Crippen molar-refractivity contribution < 1.29 is 27.4 Å². The van der Waals surface area contributed by atoms with Gasteiger partial charge in [0.25, 0.3) is 12.3 Å². The minimum Gasteiger partial charge on any atom is -0.385 e. The van der Waals surface area contributed by atoms with E-state index in [9.17, 15) is 18.0 Å². The highest BCUT2D eigenvalue weighted by molar-refractivity contribution is 6.03. The van der Waals surface area contributed by atoms with Gasteiger partial charge in [0.1, 0.15) is 24.0 Å². The Balaban J connectivity index is 1.96. The lowest BCUT2D eigenvalue weighted by atomic mass is 9.90. The number of amides is 1. The zero-order chi connectivity index (χ0) is 21.0. The minimum atomic E-state index is -3.08. The number of amidine groups is 1. The average molecular weight is 408 g/mol. The number of carbonyl (C=O) groups excluding carboxylic acids is 1. The molecule has 2 heterocycles. The number of carbonyl (C=O) groups is 1. The smallest absolute Gasteiger partial charge is 0.274 e. The number of benzene rings is 1. The summed E-state index contributed by atoms with van der Waals surface area (Å²) in [4.78, 5) is 20.4. The molecule has 0 fully saturated rings. The minimum absolute atomic E-state index is 0.0970. The normalized spacial score (nSPS) is 19.1. The van der Waals surface area contributed by atoms with E-state index in [4.69, 9.17) is 15.2 Å². The summed E-state index contributed by atoms with van der Waals surface area (Å²) in [5, 5.41) is 2.54. The molecule has 0 saturated heterocycles. The van der Waals surface area contributed by atoms with Crippen LogP contribution < -0.4 is 11.1 Å². The van der Waals surface area contributed by atoms with E-state index in [1.165, 1.54) is 19.4 Å². The summed E-state index contributed by atoms with van der Waals surface area (Å²) in [6, 6.07) is 6.66. The fourth-order valence-corrected chi connectivity index (χ4v) is 3.04. The monoisotopic (exact) mass is 408 g/mol. The third-order valence-electron chi connectivity index (χ3n) is 4.37. The lowest BCUT2D eigenvalue weighted by Gasteiger charge is -2.33. The second-order valence-corrected chi connectivity index (χ2v) is 6.41. The van der Waals surface area contributed by atoms with Crippen molar-refractivity contribution in [3.05, 3.63) is 59.2 Å². The van der Waals surface area contributed by atoms with Crippen LogP contribution in [0.3, 0.4) is 0 Å². The van der Waals surface area contributed by atoms with Crippen molar-refractivity contribution in [3.63, 3.8) is 0 Å². The Labute approximate surface area is 164 Å². The standard InChI is InChI=1S/C19H19F3N4O3/c1-28-8-11-3-2-6-24-16(11)17(27)25-12-4-5-14(20)13(7-12)19(18(21)22)10-29-9-15(23)26-19/h2-7,18H,8-10H2,1H3,(H2,23,26)(H,25,27)/t19-/m0/s1. The van der Waals surface area contributed by atoms with Crippen LogP contribution in [0.15, 0.2) is 41.5 Å². The summed E-state index contributed by atoms with van der Waals surface area (Å²) < 4.78 is 52.4. The molecular weight excluding hydrogens is 389 g/mol. The second-order valence-electron chi connectivity index (χ2n) is 6.41. The van der Waals surface area contributed by atoms with E-state index in [2.05, 4.69) is 15.3 Å². The number of aromatic nitrogens is 1. The van der Waals surface area contributed by atoms with Crippen LogP contribution >= 0.6 is 0 Å². The quantitative estimate of drug-likeness (QED) is 0.765. The van der Waals surface area contributed by atoms with E-state index in [1.807, 2.05) is 0 Å². The Morgan fingerprint density at radius 2 is 2.21 bits per heavy atom. The molecule has 1 atom stereocenters. The molecule has 10 heteroatoms. The van der Waals surface area contributed by atoms with Gasteiger partial charge in [0.05, 0.1) is 13.2 Å². The van der Waals surface area contributed by atoms with Crippen molar-refractivity contribution in [2.75, 3.05) is 25.6 Å². The predicted octanol–water partition coefficient (Wildman–Crippen LogP) is 2.47. The average Bonchev–Trinajstić information content (AvgIpc) is 2.70. The van der Waals surface area contributed by atoms with Crippen LogP contribution in [0, 0.1) is 5.82 Å². The predicted molar refractivity (Wildman–Crippen MR) is 99.4 cm³/mol. The summed E-state index contributed by atoms with van der Waals surface area (Å²) in [6.07, 6.45) is -1.64. The molecule has 1 aliphatic rings. The van der Waals surface area contributed by atoms with Gasteiger partial charge in [-0.15, -0.1) is 0 Å². The first-order valence-corrected chi connectivity index (χ1v) is 8.61. The first-order valence-electron chi connectivity index (χ1n) is 8.61. The van der Waals surface area contributed by atoms with Gasteiger partial charge in [0.2, 0.25) is 0 Å². The van der Waals surface area contributed by atoms with Crippen molar-refractivity contribution in [2.24, 2.45) is 10.7 Å². The van der Waals surface area contributed by atoms with Crippen LogP contribution in [-0.4, -0.2) is 43.5 Å². The van der Waals surface area contributed by atoms with Crippen LogP contribution in [0.1, 0.15) is 21.6 Å². The number of ether oxygens (including phenoxy) is 2. The number of methoxy groups -OCH3 is 1. The Morgan fingerprint density at radius 1 is 1.41 bits per heavy atom. The summed E-state index contributed by atoms with van der Waals surface area (Å²) in [5.74, 6) is -1.67. The molecule has 0 spiro atoms. The fourth-order valence-electron chi connectivity index (χ4n) is 3.04. The molecule has 0 saturated carbocycles. The molecule has 1 aromatic carbocycles. The van der Waals surface area contributed by atoms with Gasteiger partial charge in [-0.2, -0.15) is 0 Å². The number of hydrogen-bond donors (Lipinski definition) is 2. The van der Waals surface area contributed by atoms with Crippen molar-refractivity contribution >= 4 is 17.4 Å². The second kappa shape index (κ2) is 8.58. The number of halogens is 3. The molecule has 1 aliphatic heterocycles. The highest BCUT2D eigenvalue weighted by Crippen LogP contribution is 2.38. The number of anilines is 1. The van der Waals surface area contributed by atoms with Crippen LogP contribution in [0.5, 0.6) is 0 Å². The lowest BCUT2D eigenvalue weighted by molar-refractivity contribution is -0.0145. The molecule has 0 aliphatic carbocycles. The Kier molecular flexibility index (Phi) is 6.14. The molecule has 0 bridgehead atoms. The van der Waals surface area contributed by atoms with Crippen LogP contribution in [-0.2, 0) is 21.6 Å². The maximum Gasteiger partial charge on any atom is 0.274 e. The summed E-state index contributed by atoms with van der Waals surface area (Å²) >= 11 is 0. The number of alkyl halides is 2. The highest BCUT2D eigenvalue weighted by atomic mass is 19.3. The SMILES string of the molecule is COCc1cccnc1C(=O)Nc1ccc(F)c([C@]2(C(F)F)COCC(N)=N2)c1. The molecule has 0 radical (unpaired) electrons. The largest absolute Gasteiger partial charge is 0.385 e. The zero-order valence-corrected chi connectivity index (χ0v) is 15.5. The highest BCUT2D eigenvalue weighted by Gasteiger charge is 2.46. The van der Waals surface area contributed by atoms with Gasteiger partial charge in [-0.1, -0.05) is 6.07 Å². The Morgan fingerprint density at radius 3 is 2.90 bits per heavy atom. The van der Waals surface area contributed by atoms with Crippen molar-refractivity contribution in [2.45, 2.75) is 18.6 Å². The van der Waals surface area contributed by atoms with E-state index < -0.39 is 35.9 Å². The number of pyridine rings is 1. The Hall–Kier alpha value is -2.98. The van der Waals surface area contributed by atoms with Gasteiger partial charge >= 0.3 is 0 Å². The van der Waals surface area contributed by atoms with Crippen molar-refractivity contribution in [1.29, 1.82) is 0 Å². The van der Waals surface area contributed by atoms with Gasteiger partial charge in [0, 0.05) is 30.1 Å². The van der Waals surface area contributed by atoms with Crippen LogP contribution in [0.2, 0.25) is 0 Å². The maximum absolute atomic E-state index is 14.5. The van der Waals surface area contributed by atoms with E-state index in [0.717, 1.165) is 12.1 Å². The number of nitrogens with one attached hydrogen (secondary N) is 1. The number of rotatable bonds is 6. The van der Waals surface area contributed by atoms with Gasteiger partial charge in [-0.25, -0.2) is 13.2 Å². The number of nitrogens with zero attached hydrogens (tertiary/aromatic N) is 2. The van der Waals surface area contributed by atoms with E-state index in [0.29, 0.717) is 5.56 Å². The Bertz CT molecular complexity index is 939. The molecule has 3 rings (SSSR count). The molecule has 3 N–H and O–H groups in total. The summed E-state index contributed by atoms with van der Waals surface area (Å²) in [7, 11) is 1.48. The number of hydrogen-bond acceptors (Lipinski definition) is 6. The fraction of sp³-hybridized carbons (Fsp3) is 0.316. The van der Waals surface area contributed by atoms with E-state index in [1.54, 1.807) is 12.1 Å². The molecule has 0 unspecified atom stereocenters. The molecule has 1 amide bonds. The summed E-state index contributed by atoms with van der Waals surface area (Å²) in [5.41, 5.74) is 3.58. The van der Waals surface area contributed by atoms with Crippen LogP contribution in [0.4, 0.5) is 18.9 Å². The lowest BCUT2D eigenvalue weighted by Crippen LogP contribution is -2.45. The van der Waals surface area contributed by atoms with E-state index in [-0.39, 0.29) is 30.4 Å². The topological polar surface area (TPSA) is 98.8 Å². The van der Waals surface area contributed by atoms with Gasteiger partial charge in [0.15, 0.2) is 5.54 Å². The van der Waals surface area contributed by atoms with Crippen molar-refractivity contribution in [1.82, 2.24) is 4.98 Å².